The highest BCUT2D eigenvalue weighted by Gasteiger charge is 2.68. The van der Waals surface area contributed by atoms with Crippen LogP contribution in [0.3, 0.4) is 0 Å². The average molecular weight is 981 g/mol. The van der Waals surface area contributed by atoms with Gasteiger partial charge in [0.2, 0.25) is 5.60 Å². The maximum atomic E-state index is 15.5. The van der Waals surface area contributed by atoms with Crippen molar-refractivity contribution in [3.05, 3.63) is 238 Å². The fourth-order valence-electron chi connectivity index (χ4n) is 9.95. The SMILES string of the molecule is O=COCC1(NC(=O)C(=NOC(c2ccccc2)(c2ccccc2)c2ccccc2)c2csc(NC(c3ccccc3)(c3ccccc3)c3ccccc3)n2)C(=O)N2C(C(=O)O)C(N3CCCC3)=CS[C@H]21. The molecule has 13 nitrogen and oxygen atoms in total. The van der Waals surface area contributed by atoms with Gasteiger partial charge in [-0.3, -0.25) is 14.4 Å². The number of nitrogens with zero attached hydrogens (tertiary/aromatic N) is 4. The standard InChI is InChI=1S/C56H48N6O7S2/c63-38-68-37-54(51(67)62-48(50(65)66)46(36-70-52(54)62)61-33-19-20-34-61)58-49(64)47(60-69-56(42-27-13-4-14-28-42,43-29-15-5-16-30-43)44-31-17-6-18-32-44)45-35-71-53(57-45)59-55(39-21-7-1-8-22-39,40-23-9-2-10-24-40)41-25-11-3-12-26-41/h1-18,21-32,35-36,38,48,52H,19-20,33-34,37H2,(H,57,59)(H,58,64)(H,65,66)/t48?,52-,54?/m0/s1. The summed E-state index contributed by atoms with van der Waals surface area (Å²) in [5.41, 5.74) is 0.906. The molecule has 3 N–H and O–H groups in total. The van der Waals surface area contributed by atoms with Gasteiger partial charge in [-0.1, -0.05) is 187 Å². The second-order valence-corrected chi connectivity index (χ2v) is 19.1. The number of aromatic nitrogens is 1. The van der Waals surface area contributed by atoms with Crippen molar-refractivity contribution < 1.29 is 33.9 Å². The van der Waals surface area contributed by atoms with Crippen molar-refractivity contribution in [1.82, 2.24) is 20.1 Å². The minimum Gasteiger partial charge on any atom is -0.479 e. The lowest BCUT2D eigenvalue weighted by atomic mass is 9.77. The molecule has 15 heteroatoms. The third-order valence-corrected chi connectivity index (χ3v) is 15.3. The first kappa shape index (κ1) is 46.7. The van der Waals surface area contributed by atoms with Crippen LogP contribution in [0.15, 0.2) is 204 Å². The number of ether oxygens (including phenoxy) is 1. The molecule has 2 amide bonds. The fraction of sp³-hybridized carbons (Fsp3) is 0.179. The van der Waals surface area contributed by atoms with E-state index in [0.717, 1.165) is 29.5 Å². The largest absolute Gasteiger partial charge is 0.479 e. The summed E-state index contributed by atoms with van der Waals surface area (Å²) in [5.74, 6) is -2.82. The van der Waals surface area contributed by atoms with E-state index in [0.29, 0.717) is 40.6 Å². The van der Waals surface area contributed by atoms with Gasteiger partial charge in [0.25, 0.3) is 18.3 Å². The van der Waals surface area contributed by atoms with Crippen molar-refractivity contribution in [3.8, 4) is 0 Å². The first-order chi connectivity index (χ1) is 34.8. The van der Waals surface area contributed by atoms with Crippen molar-refractivity contribution in [2.45, 2.75) is 40.9 Å². The number of carboxylic acid groups (broad SMARTS) is 1. The van der Waals surface area contributed by atoms with Crippen LogP contribution in [0.4, 0.5) is 5.13 Å². The summed E-state index contributed by atoms with van der Waals surface area (Å²) < 4.78 is 5.31. The predicted molar refractivity (Wildman–Crippen MR) is 273 cm³/mol. The Balaban J connectivity index is 1.12. The van der Waals surface area contributed by atoms with Crippen molar-refractivity contribution in [3.63, 3.8) is 0 Å². The molecule has 0 aliphatic carbocycles. The first-order valence-electron chi connectivity index (χ1n) is 23.2. The highest BCUT2D eigenvalue weighted by molar-refractivity contribution is 8.03. The molecule has 3 aliphatic rings. The normalized spacial score (nSPS) is 18.9. The number of likely N-dealkylation sites (tertiary alicyclic amines) is 1. The number of thioether (sulfide) groups is 1. The van der Waals surface area contributed by atoms with E-state index in [1.807, 2.05) is 187 Å². The van der Waals surface area contributed by atoms with E-state index >= 15 is 4.79 Å². The van der Waals surface area contributed by atoms with Crippen molar-refractivity contribution in [2.24, 2.45) is 5.16 Å². The van der Waals surface area contributed by atoms with Crippen LogP contribution < -0.4 is 10.6 Å². The minimum atomic E-state index is -1.90. The number of thiazole rings is 1. The average Bonchev–Trinajstić information content (AvgIpc) is 4.15. The summed E-state index contributed by atoms with van der Waals surface area (Å²) in [6, 6.07) is 57.4. The highest BCUT2D eigenvalue weighted by Crippen LogP contribution is 2.48. The topological polar surface area (TPSA) is 163 Å². The highest BCUT2D eigenvalue weighted by atomic mass is 32.2. The Labute approximate surface area is 418 Å². The number of β-lactam (4-membered cyclic amide) rings is 1. The van der Waals surface area contributed by atoms with Crippen LogP contribution in [0.1, 0.15) is 51.9 Å². The van der Waals surface area contributed by atoms with Gasteiger partial charge in [0.15, 0.2) is 22.4 Å². The fourth-order valence-corrected chi connectivity index (χ4v) is 12.1. The number of hydrogen-bond donors (Lipinski definition) is 3. The van der Waals surface area contributed by atoms with Gasteiger partial charge in [-0.15, -0.1) is 23.1 Å². The Kier molecular flexibility index (Phi) is 13.3. The van der Waals surface area contributed by atoms with Crippen molar-refractivity contribution in [2.75, 3.05) is 25.0 Å². The molecule has 0 radical (unpaired) electrons. The van der Waals surface area contributed by atoms with Crippen LogP contribution in [-0.2, 0) is 39.9 Å². The molecule has 2 saturated heterocycles. The Morgan fingerprint density at radius 2 is 1.20 bits per heavy atom. The number of carbonyl (C=O) groups is 4. The maximum absolute atomic E-state index is 15.5. The molecule has 4 heterocycles. The van der Waals surface area contributed by atoms with Crippen molar-refractivity contribution >= 4 is 58.2 Å². The number of rotatable bonds is 18. The zero-order valence-corrected chi connectivity index (χ0v) is 39.9. The van der Waals surface area contributed by atoms with E-state index < -0.39 is 52.5 Å². The third-order valence-electron chi connectivity index (χ3n) is 13.3. The molecule has 0 saturated carbocycles. The van der Waals surface area contributed by atoms with E-state index in [4.69, 9.17) is 19.7 Å². The molecule has 7 aromatic rings. The smallest absolute Gasteiger partial charge is 0.332 e. The summed E-state index contributed by atoms with van der Waals surface area (Å²) >= 11 is 2.43. The molecule has 3 aliphatic heterocycles. The Hall–Kier alpha value is -8.01. The van der Waals surface area contributed by atoms with Crippen LogP contribution in [0, 0.1) is 0 Å². The molecule has 10 rings (SSSR count). The van der Waals surface area contributed by atoms with Gasteiger partial charge in [0, 0.05) is 35.2 Å². The van der Waals surface area contributed by atoms with Gasteiger partial charge in [0.05, 0.1) is 5.70 Å². The molecular formula is C56H48N6O7S2. The zero-order chi connectivity index (χ0) is 48.8. The molecule has 3 atom stereocenters. The summed E-state index contributed by atoms with van der Waals surface area (Å²) in [6.45, 7) is 0.925. The van der Waals surface area contributed by atoms with Gasteiger partial charge < -0.3 is 35.1 Å². The van der Waals surface area contributed by atoms with Gasteiger partial charge >= 0.3 is 5.97 Å². The lowest BCUT2D eigenvalue weighted by Crippen LogP contribution is -2.84. The molecule has 2 fully saturated rings. The van der Waals surface area contributed by atoms with E-state index in [9.17, 15) is 19.5 Å². The molecule has 6 aromatic carbocycles. The van der Waals surface area contributed by atoms with E-state index in [-0.39, 0.29) is 17.9 Å². The second-order valence-electron chi connectivity index (χ2n) is 17.3. The summed E-state index contributed by atoms with van der Waals surface area (Å²) in [6.07, 6.45) is 1.78. The zero-order valence-electron chi connectivity index (χ0n) is 38.2. The number of nitrogens with one attached hydrogen (secondary N) is 2. The second kappa shape index (κ2) is 20.1. The number of hydrogen-bond acceptors (Lipinski definition) is 12. The molecule has 2 unspecified atom stereocenters. The monoisotopic (exact) mass is 980 g/mol. The molecule has 0 bridgehead atoms. The van der Waals surface area contributed by atoms with Gasteiger partial charge in [0.1, 0.15) is 23.2 Å². The van der Waals surface area contributed by atoms with Crippen LogP contribution in [0.25, 0.3) is 0 Å². The molecule has 1 aromatic heterocycles. The van der Waals surface area contributed by atoms with E-state index in [1.165, 1.54) is 28.0 Å². The van der Waals surface area contributed by atoms with Gasteiger partial charge in [-0.25, -0.2) is 9.78 Å². The number of anilines is 1. The van der Waals surface area contributed by atoms with E-state index in [1.54, 1.807) is 10.8 Å². The van der Waals surface area contributed by atoms with Crippen LogP contribution >= 0.6 is 23.1 Å². The summed E-state index contributed by atoms with van der Waals surface area (Å²) in [5, 5.41) is 25.0. The van der Waals surface area contributed by atoms with Crippen LogP contribution in [0.5, 0.6) is 0 Å². The minimum absolute atomic E-state index is 0.104. The number of benzene rings is 6. The third kappa shape index (κ3) is 8.50. The van der Waals surface area contributed by atoms with Gasteiger partial charge in [-0.2, -0.15) is 0 Å². The molecular weight excluding hydrogens is 933 g/mol. The number of amides is 2. The van der Waals surface area contributed by atoms with Gasteiger partial charge in [-0.05, 0) is 34.9 Å². The first-order valence-corrected chi connectivity index (χ1v) is 25.0. The number of fused-ring (bicyclic) bond motifs is 1. The molecule has 71 heavy (non-hydrogen) atoms. The number of carboxylic acids is 1. The van der Waals surface area contributed by atoms with E-state index in [2.05, 4.69) is 10.6 Å². The Bertz CT molecular complexity index is 2870. The molecule has 0 spiro atoms. The lowest BCUT2D eigenvalue weighted by Gasteiger charge is -2.58. The van der Waals surface area contributed by atoms with Crippen molar-refractivity contribution in [1.29, 1.82) is 0 Å². The molecule has 356 valence electrons. The number of aliphatic carboxylic acids is 1. The van der Waals surface area contributed by atoms with Crippen LogP contribution in [0.2, 0.25) is 0 Å². The van der Waals surface area contributed by atoms with Crippen LogP contribution in [-0.4, -0.2) is 86.5 Å². The number of oxime groups is 1. The number of carbonyl (C=O) groups excluding carboxylic acids is 3. The lowest BCUT2D eigenvalue weighted by molar-refractivity contribution is -0.173. The Morgan fingerprint density at radius 1 is 0.732 bits per heavy atom. The summed E-state index contributed by atoms with van der Waals surface area (Å²) in [7, 11) is 0. The Morgan fingerprint density at radius 3 is 1.65 bits per heavy atom. The maximum Gasteiger partial charge on any atom is 0.332 e. The summed E-state index contributed by atoms with van der Waals surface area (Å²) in [4.78, 5) is 70.4. The quantitative estimate of drug-likeness (QED) is 0.0248. The predicted octanol–water partition coefficient (Wildman–Crippen LogP) is 8.59.